The summed E-state index contributed by atoms with van der Waals surface area (Å²) in [7, 11) is 0. The minimum atomic E-state index is -0.0000926. The fourth-order valence-corrected chi connectivity index (χ4v) is 3.36. The summed E-state index contributed by atoms with van der Waals surface area (Å²) in [5.74, 6) is -0.0000926. The molecule has 1 aromatic heterocycles. The van der Waals surface area contributed by atoms with Gasteiger partial charge in [-0.1, -0.05) is 54.1 Å². The molecule has 0 fully saturated rings. The van der Waals surface area contributed by atoms with Crippen molar-refractivity contribution in [3.63, 3.8) is 0 Å². The second-order valence-electron chi connectivity index (χ2n) is 4.42. The minimum absolute atomic E-state index is 0.0000926. The first-order valence-corrected chi connectivity index (χ1v) is 7.20. The molecule has 3 aromatic rings. The molecule has 2 aromatic carbocycles. The molecule has 0 radical (unpaired) electrons. The van der Waals surface area contributed by atoms with Gasteiger partial charge in [0.1, 0.15) is 0 Å². The Bertz CT molecular complexity index is 768. The van der Waals surface area contributed by atoms with Crippen LogP contribution < -0.4 is 0 Å². The number of thiophene rings is 1. The Morgan fingerprint density at radius 3 is 2.58 bits per heavy atom. The van der Waals surface area contributed by atoms with Crippen LogP contribution >= 0.6 is 22.9 Å². The normalized spacial score (nSPS) is 10.8. The van der Waals surface area contributed by atoms with Crippen LogP contribution in [0.3, 0.4) is 0 Å². The topological polar surface area (TPSA) is 17.1 Å². The van der Waals surface area contributed by atoms with Gasteiger partial charge in [-0.05, 0) is 28.6 Å². The SMILES string of the molecule is Cc1csc(C(=O)c2cccc3ccccc23)c1Cl. The fraction of sp³-hybridized carbons (Fsp3) is 0.0625. The van der Waals surface area contributed by atoms with Crippen LogP contribution in [0.15, 0.2) is 47.8 Å². The van der Waals surface area contributed by atoms with Crippen LogP contribution in [0.1, 0.15) is 20.8 Å². The molecule has 19 heavy (non-hydrogen) atoms. The van der Waals surface area contributed by atoms with E-state index in [-0.39, 0.29) is 5.78 Å². The first-order valence-electron chi connectivity index (χ1n) is 5.94. The van der Waals surface area contributed by atoms with Gasteiger partial charge < -0.3 is 0 Å². The van der Waals surface area contributed by atoms with E-state index in [1.54, 1.807) is 0 Å². The lowest BCUT2D eigenvalue weighted by Crippen LogP contribution is -2.00. The van der Waals surface area contributed by atoms with Crippen LogP contribution in [-0.4, -0.2) is 5.78 Å². The average Bonchev–Trinajstić information content (AvgIpc) is 2.78. The molecule has 0 saturated carbocycles. The zero-order valence-corrected chi connectivity index (χ0v) is 11.9. The Morgan fingerprint density at radius 1 is 1.11 bits per heavy atom. The van der Waals surface area contributed by atoms with Crippen molar-refractivity contribution >= 4 is 39.5 Å². The van der Waals surface area contributed by atoms with E-state index in [0.717, 1.165) is 16.3 Å². The summed E-state index contributed by atoms with van der Waals surface area (Å²) in [5, 5.41) is 4.53. The van der Waals surface area contributed by atoms with Crippen molar-refractivity contribution in [3.8, 4) is 0 Å². The summed E-state index contributed by atoms with van der Waals surface area (Å²) < 4.78 is 0. The van der Waals surface area contributed by atoms with Gasteiger partial charge in [0, 0.05) is 5.56 Å². The van der Waals surface area contributed by atoms with Gasteiger partial charge in [0.25, 0.3) is 0 Å². The predicted molar refractivity (Wildman–Crippen MR) is 81.4 cm³/mol. The molecule has 0 saturated heterocycles. The van der Waals surface area contributed by atoms with E-state index in [9.17, 15) is 4.79 Å². The number of hydrogen-bond acceptors (Lipinski definition) is 2. The summed E-state index contributed by atoms with van der Waals surface area (Å²) in [6.07, 6.45) is 0. The van der Waals surface area contributed by atoms with Gasteiger partial charge in [0.15, 0.2) is 0 Å². The lowest BCUT2D eigenvalue weighted by atomic mass is 10.0. The van der Waals surface area contributed by atoms with Crippen LogP contribution in [0, 0.1) is 6.92 Å². The molecule has 1 nitrogen and oxygen atoms in total. The lowest BCUT2D eigenvalue weighted by Gasteiger charge is -2.04. The summed E-state index contributed by atoms with van der Waals surface area (Å²) in [5.41, 5.74) is 1.66. The molecular weight excluding hydrogens is 276 g/mol. The molecule has 0 unspecified atom stereocenters. The lowest BCUT2D eigenvalue weighted by molar-refractivity contribution is 0.104. The second kappa shape index (κ2) is 4.80. The molecule has 0 amide bonds. The summed E-state index contributed by atoms with van der Waals surface area (Å²) in [6.45, 7) is 1.92. The number of ketones is 1. The van der Waals surface area contributed by atoms with Gasteiger partial charge in [0.05, 0.1) is 9.90 Å². The molecule has 1 heterocycles. The molecule has 3 rings (SSSR count). The summed E-state index contributed by atoms with van der Waals surface area (Å²) in [6, 6.07) is 13.7. The number of aryl methyl sites for hydroxylation is 1. The number of halogens is 1. The summed E-state index contributed by atoms with van der Waals surface area (Å²) in [4.78, 5) is 13.2. The van der Waals surface area contributed by atoms with E-state index >= 15 is 0 Å². The number of carbonyl (C=O) groups excluding carboxylic acids is 1. The number of hydrogen-bond donors (Lipinski definition) is 0. The quantitative estimate of drug-likeness (QED) is 0.599. The smallest absolute Gasteiger partial charge is 0.205 e. The van der Waals surface area contributed by atoms with Crippen molar-refractivity contribution in [3.05, 3.63) is 68.9 Å². The summed E-state index contributed by atoms with van der Waals surface area (Å²) >= 11 is 7.60. The number of fused-ring (bicyclic) bond motifs is 1. The second-order valence-corrected chi connectivity index (χ2v) is 5.68. The van der Waals surface area contributed by atoms with Gasteiger partial charge in [-0.25, -0.2) is 0 Å². The van der Waals surface area contributed by atoms with Gasteiger partial charge in [-0.15, -0.1) is 11.3 Å². The van der Waals surface area contributed by atoms with Gasteiger partial charge >= 0.3 is 0 Å². The molecule has 3 heteroatoms. The van der Waals surface area contributed by atoms with Crippen LogP contribution in [0.5, 0.6) is 0 Å². The maximum absolute atomic E-state index is 12.6. The van der Waals surface area contributed by atoms with E-state index in [1.807, 2.05) is 54.8 Å². The van der Waals surface area contributed by atoms with Crippen molar-refractivity contribution in [2.45, 2.75) is 6.92 Å². The van der Waals surface area contributed by atoms with Crippen molar-refractivity contribution < 1.29 is 4.79 Å². The van der Waals surface area contributed by atoms with Gasteiger partial charge in [-0.2, -0.15) is 0 Å². The van der Waals surface area contributed by atoms with E-state index in [4.69, 9.17) is 11.6 Å². The Morgan fingerprint density at radius 2 is 1.84 bits per heavy atom. The molecule has 0 atom stereocenters. The monoisotopic (exact) mass is 286 g/mol. The highest BCUT2D eigenvalue weighted by atomic mass is 35.5. The third kappa shape index (κ3) is 2.07. The van der Waals surface area contributed by atoms with Crippen LogP contribution in [0.4, 0.5) is 0 Å². The maximum atomic E-state index is 12.6. The Labute approximate surface area is 120 Å². The van der Waals surface area contributed by atoms with E-state index < -0.39 is 0 Å². The van der Waals surface area contributed by atoms with E-state index in [0.29, 0.717) is 15.5 Å². The van der Waals surface area contributed by atoms with Crippen molar-refractivity contribution in [1.82, 2.24) is 0 Å². The highest BCUT2D eigenvalue weighted by molar-refractivity contribution is 7.13. The van der Waals surface area contributed by atoms with Crippen LogP contribution in [0.2, 0.25) is 5.02 Å². The predicted octanol–water partition coefficient (Wildman–Crippen LogP) is 5.09. The molecule has 0 N–H and O–H groups in total. The highest BCUT2D eigenvalue weighted by Gasteiger charge is 2.18. The molecule has 0 aliphatic rings. The Hall–Kier alpha value is -1.64. The van der Waals surface area contributed by atoms with E-state index in [2.05, 4.69) is 0 Å². The highest BCUT2D eigenvalue weighted by Crippen LogP contribution is 2.31. The number of rotatable bonds is 2. The maximum Gasteiger partial charge on any atom is 0.205 e. The average molecular weight is 287 g/mol. The molecule has 0 aliphatic heterocycles. The molecular formula is C16H11ClOS. The molecule has 0 aliphatic carbocycles. The van der Waals surface area contributed by atoms with Crippen molar-refractivity contribution in [1.29, 1.82) is 0 Å². The number of benzene rings is 2. The Kier molecular flexibility index (Phi) is 3.13. The third-order valence-electron chi connectivity index (χ3n) is 3.14. The van der Waals surface area contributed by atoms with Crippen LogP contribution in [-0.2, 0) is 0 Å². The largest absolute Gasteiger partial charge is 0.288 e. The number of carbonyl (C=O) groups is 1. The zero-order chi connectivity index (χ0) is 13.4. The first-order chi connectivity index (χ1) is 9.18. The van der Waals surface area contributed by atoms with Crippen molar-refractivity contribution in [2.75, 3.05) is 0 Å². The van der Waals surface area contributed by atoms with Crippen LogP contribution in [0.25, 0.3) is 10.8 Å². The fourth-order valence-electron chi connectivity index (χ4n) is 2.13. The Balaban J connectivity index is 2.20. The molecule has 94 valence electrons. The molecule has 0 bridgehead atoms. The minimum Gasteiger partial charge on any atom is -0.288 e. The first kappa shape index (κ1) is 12.4. The third-order valence-corrected chi connectivity index (χ3v) is 4.84. The standard InChI is InChI=1S/C16H11ClOS/c1-10-9-19-16(14(10)17)15(18)13-8-4-6-11-5-2-3-7-12(11)13/h2-9H,1H3. The van der Waals surface area contributed by atoms with Crippen molar-refractivity contribution in [2.24, 2.45) is 0 Å². The van der Waals surface area contributed by atoms with Gasteiger partial charge in [0.2, 0.25) is 5.78 Å². The van der Waals surface area contributed by atoms with E-state index in [1.165, 1.54) is 11.3 Å². The molecule has 0 spiro atoms. The van der Waals surface area contributed by atoms with Gasteiger partial charge in [-0.3, -0.25) is 4.79 Å². The zero-order valence-electron chi connectivity index (χ0n) is 10.3.